The van der Waals surface area contributed by atoms with Gasteiger partial charge in [-0.1, -0.05) is 53.5 Å². The number of benzene rings is 2. The van der Waals surface area contributed by atoms with Crippen molar-refractivity contribution in [1.82, 2.24) is 14.5 Å². The zero-order chi connectivity index (χ0) is 23.3. The average molecular weight is 498 g/mol. The zero-order valence-electron chi connectivity index (χ0n) is 18.3. The molecule has 0 saturated carbocycles. The molecule has 32 heavy (non-hydrogen) atoms. The van der Waals surface area contributed by atoms with E-state index in [0.29, 0.717) is 24.4 Å². The number of hydrogen-bond acceptors (Lipinski definition) is 4. The van der Waals surface area contributed by atoms with Crippen LogP contribution in [0.4, 0.5) is 0 Å². The van der Waals surface area contributed by atoms with E-state index in [-0.39, 0.29) is 40.9 Å². The number of likely N-dealkylation sites (N-methyl/N-ethyl adjacent to an activating group) is 1. The van der Waals surface area contributed by atoms with E-state index in [4.69, 9.17) is 23.2 Å². The Morgan fingerprint density at radius 2 is 1.78 bits per heavy atom. The van der Waals surface area contributed by atoms with Crippen LogP contribution < -0.4 is 5.32 Å². The summed E-state index contributed by atoms with van der Waals surface area (Å²) in [7, 11) is 0.251. The van der Waals surface area contributed by atoms with Gasteiger partial charge in [0, 0.05) is 36.6 Å². The minimum absolute atomic E-state index is 0.00399. The SMILES string of the molecule is CN(C)[C@@H](CNC(=O)C1CCN(S(=O)(=O)c2cc(Cl)ccc2Cl)CC1)Cc1ccccc1. The zero-order valence-corrected chi connectivity index (χ0v) is 20.6. The summed E-state index contributed by atoms with van der Waals surface area (Å²) in [5.74, 6) is -0.237. The Bertz CT molecular complexity index is 1020. The van der Waals surface area contributed by atoms with Crippen LogP contribution in [0, 0.1) is 5.92 Å². The number of hydrogen-bond donors (Lipinski definition) is 1. The van der Waals surface area contributed by atoms with E-state index in [2.05, 4.69) is 22.3 Å². The van der Waals surface area contributed by atoms with Crippen molar-refractivity contribution < 1.29 is 13.2 Å². The van der Waals surface area contributed by atoms with Crippen LogP contribution in [0.1, 0.15) is 18.4 Å². The second-order valence-corrected chi connectivity index (χ2v) is 11.1. The molecule has 1 fully saturated rings. The van der Waals surface area contributed by atoms with Crippen LogP contribution in [0.15, 0.2) is 53.4 Å². The Labute approximate surface area is 200 Å². The van der Waals surface area contributed by atoms with Gasteiger partial charge in [-0.25, -0.2) is 8.42 Å². The van der Waals surface area contributed by atoms with Crippen molar-refractivity contribution in [3.63, 3.8) is 0 Å². The second-order valence-electron chi connectivity index (χ2n) is 8.31. The van der Waals surface area contributed by atoms with E-state index < -0.39 is 10.0 Å². The molecule has 1 saturated heterocycles. The van der Waals surface area contributed by atoms with Gasteiger partial charge >= 0.3 is 0 Å². The largest absolute Gasteiger partial charge is 0.354 e. The molecular weight excluding hydrogens is 469 g/mol. The first-order valence-corrected chi connectivity index (χ1v) is 12.8. The first-order valence-electron chi connectivity index (χ1n) is 10.6. The lowest BCUT2D eigenvalue weighted by Crippen LogP contribution is -2.46. The minimum atomic E-state index is -3.76. The number of nitrogens with one attached hydrogen (secondary N) is 1. The number of carbonyl (C=O) groups excluding carboxylic acids is 1. The molecule has 1 heterocycles. The van der Waals surface area contributed by atoms with E-state index in [0.717, 1.165) is 6.42 Å². The lowest BCUT2D eigenvalue weighted by atomic mass is 9.97. The van der Waals surface area contributed by atoms with E-state index >= 15 is 0 Å². The molecule has 1 amide bonds. The van der Waals surface area contributed by atoms with Crippen molar-refractivity contribution in [2.24, 2.45) is 5.92 Å². The Morgan fingerprint density at radius 3 is 2.41 bits per heavy atom. The maximum absolute atomic E-state index is 13.0. The Hall–Kier alpha value is -1.64. The molecule has 174 valence electrons. The molecule has 0 aliphatic carbocycles. The fraction of sp³-hybridized carbons (Fsp3) is 0.435. The number of halogens is 2. The summed E-state index contributed by atoms with van der Waals surface area (Å²) in [5.41, 5.74) is 1.22. The third kappa shape index (κ3) is 6.23. The van der Waals surface area contributed by atoms with Gasteiger partial charge in [-0.05, 0) is 57.1 Å². The molecule has 1 atom stereocenters. The highest BCUT2D eigenvalue weighted by molar-refractivity contribution is 7.89. The van der Waals surface area contributed by atoms with Crippen LogP contribution >= 0.6 is 23.2 Å². The van der Waals surface area contributed by atoms with Crippen LogP contribution in [0.3, 0.4) is 0 Å². The fourth-order valence-electron chi connectivity index (χ4n) is 3.86. The third-order valence-electron chi connectivity index (χ3n) is 5.89. The summed E-state index contributed by atoms with van der Waals surface area (Å²) >= 11 is 12.1. The molecule has 0 radical (unpaired) electrons. The van der Waals surface area contributed by atoms with Crippen molar-refractivity contribution >= 4 is 39.1 Å². The molecule has 0 spiro atoms. The van der Waals surface area contributed by atoms with Crippen molar-refractivity contribution in [2.75, 3.05) is 33.7 Å². The summed E-state index contributed by atoms with van der Waals surface area (Å²) in [6, 6.07) is 14.8. The van der Waals surface area contributed by atoms with E-state index in [1.54, 1.807) is 6.07 Å². The van der Waals surface area contributed by atoms with Crippen molar-refractivity contribution in [2.45, 2.75) is 30.2 Å². The summed E-state index contributed by atoms with van der Waals surface area (Å²) < 4.78 is 27.3. The normalized spacial score (nSPS) is 16.8. The highest BCUT2D eigenvalue weighted by atomic mass is 35.5. The maximum Gasteiger partial charge on any atom is 0.244 e. The van der Waals surface area contributed by atoms with Crippen LogP contribution in [-0.4, -0.2) is 63.3 Å². The number of carbonyl (C=O) groups is 1. The van der Waals surface area contributed by atoms with E-state index in [1.165, 1.54) is 22.0 Å². The first kappa shape index (κ1) is 25.0. The molecule has 3 rings (SSSR count). The molecule has 0 unspecified atom stereocenters. The van der Waals surface area contributed by atoms with Gasteiger partial charge in [0.05, 0.1) is 5.02 Å². The Kier molecular flexibility index (Phi) is 8.58. The Balaban J connectivity index is 1.55. The Morgan fingerprint density at radius 1 is 1.12 bits per heavy atom. The fourth-order valence-corrected chi connectivity index (χ4v) is 6.07. The van der Waals surface area contributed by atoms with Crippen LogP contribution in [0.5, 0.6) is 0 Å². The quantitative estimate of drug-likeness (QED) is 0.603. The third-order valence-corrected chi connectivity index (χ3v) is 8.51. The molecule has 2 aromatic carbocycles. The van der Waals surface area contributed by atoms with Crippen LogP contribution in [-0.2, 0) is 21.2 Å². The monoisotopic (exact) mass is 497 g/mol. The maximum atomic E-state index is 13.0. The van der Waals surface area contributed by atoms with Crippen LogP contribution in [0.2, 0.25) is 10.0 Å². The molecular formula is C23H29Cl2N3O3S. The van der Waals surface area contributed by atoms with Gasteiger partial charge in [0.2, 0.25) is 15.9 Å². The predicted octanol–water partition coefficient (Wildman–Crippen LogP) is 3.68. The highest BCUT2D eigenvalue weighted by Gasteiger charge is 2.33. The number of piperidine rings is 1. The number of amides is 1. The van der Waals surface area contributed by atoms with Crippen molar-refractivity contribution in [3.8, 4) is 0 Å². The van der Waals surface area contributed by atoms with Gasteiger partial charge in [-0.15, -0.1) is 0 Å². The molecule has 0 aromatic heterocycles. The van der Waals surface area contributed by atoms with Gasteiger partial charge in [0.1, 0.15) is 4.90 Å². The predicted molar refractivity (Wildman–Crippen MR) is 129 cm³/mol. The second kappa shape index (κ2) is 11.0. The van der Waals surface area contributed by atoms with Crippen molar-refractivity contribution in [3.05, 3.63) is 64.1 Å². The summed E-state index contributed by atoms with van der Waals surface area (Å²) in [6.45, 7) is 1.08. The molecule has 2 aromatic rings. The van der Waals surface area contributed by atoms with Gasteiger partial charge < -0.3 is 10.2 Å². The molecule has 0 bridgehead atoms. The van der Waals surface area contributed by atoms with E-state index in [1.807, 2.05) is 32.3 Å². The standard InChI is InChI=1S/C23H29Cl2N3O3S/c1-27(2)20(14-17-6-4-3-5-7-17)16-26-23(29)18-10-12-28(13-11-18)32(30,31)22-15-19(24)8-9-21(22)25/h3-9,15,18,20H,10-14,16H2,1-2H3,(H,26,29)/t20-/m1/s1. The minimum Gasteiger partial charge on any atom is -0.354 e. The van der Waals surface area contributed by atoms with Gasteiger partial charge in [-0.2, -0.15) is 4.31 Å². The number of nitrogens with zero attached hydrogens (tertiary/aromatic N) is 2. The number of sulfonamides is 1. The lowest BCUT2D eigenvalue weighted by Gasteiger charge is -2.31. The molecule has 1 aliphatic heterocycles. The van der Waals surface area contributed by atoms with Gasteiger partial charge in [-0.3, -0.25) is 4.79 Å². The van der Waals surface area contributed by atoms with Gasteiger partial charge in [0.15, 0.2) is 0 Å². The topological polar surface area (TPSA) is 69.7 Å². The molecule has 1 N–H and O–H groups in total. The highest BCUT2D eigenvalue weighted by Crippen LogP contribution is 2.30. The summed E-state index contributed by atoms with van der Waals surface area (Å²) in [5, 5.41) is 3.52. The van der Waals surface area contributed by atoms with Crippen molar-refractivity contribution in [1.29, 1.82) is 0 Å². The first-order chi connectivity index (χ1) is 15.2. The van der Waals surface area contributed by atoms with Crippen LogP contribution in [0.25, 0.3) is 0 Å². The smallest absolute Gasteiger partial charge is 0.244 e. The van der Waals surface area contributed by atoms with Gasteiger partial charge in [0.25, 0.3) is 0 Å². The lowest BCUT2D eigenvalue weighted by molar-refractivity contribution is -0.126. The molecule has 9 heteroatoms. The summed E-state index contributed by atoms with van der Waals surface area (Å²) in [6.07, 6.45) is 1.77. The molecule has 6 nitrogen and oxygen atoms in total. The average Bonchev–Trinajstić information content (AvgIpc) is 2.78. The molecule has 1 aliphatic rings. The summed E-state index contributed by atoms with van der Waals surface area (Å²) in [4.78, 5) is 14.9. The number of rotatable bonds is 8. The van der Waals surface area contributed by atoms with E-state index in [9.17, 15) is 13.2 Å².